The Balaban J connectivity index is 1.77. The predicted molar refractivity (Wildman–Crippen MR) is 96.2 cm³/mol. The molecule has 1 aliphatic rings. The van der Waals surface area contributed by atoms with Gasteiger partial charge < -0.3 is 5.32 Å². The quantitative estimate of drug-likeness (QED) is 0.759. The molecular formula is C16H13BrFNOS2. The molecule has 1 fully saturated rings. The van der Waals surface area contributed by atoms with E-state index in [9.17, 15) is 9.18 Å². The molecule has 6 heteroatoms. The Bertz CT molecular complexity index is 704. The standard InChI is InChI=1S/C16H13BrFNOS2/c17-11-4-5-13(14(18)9-11)15(20)19-12-3-1-2-10(8-12)16-21-6-7-22-16/h1-5,8-9,16H,6-7H2,(H,19,20). The smallest absolute Gasteiger partial charge is 0.258 e. The van der Waals surface area contributed by atoms with E-state index in [1.54, 1.807) is 6.07 Å². The van der Waals surface area contributed by atoms with E-state index in [1.165, 1.54) is 17.7 Å². The Morgan fingerprint density at radius 2 is 1.95 bits per heavy atom. The molecule has 2 nitrogen and oxygen atoms in total. The van der Waals surface area contributed by atoms with Crippen molar-refractivity contribution in [3.63, 3.8) is 0 Å². The fraction of sp³-hybridized carbons (Fsp3) is 0.188. The van der Waals surface area contributed by atoms with Gasteiger partial charge in [-0.25, -0.2) is 4.39 Å². The van der Waals surface area contributed by atoms with Crippen LogP contribution in [-0.4, -0.2) is 17.4 Å². The average Bonchev–Trinajstić information content (AvgIpc) is 3.01. The maximum atomic E-state index is 13.8. The van der Waals surface area contributed by atoms with Gasteiger partial charge in [0.25, 0.3) is 5.91 Å². The molecule has 0 radical (unpaired) electrons. The van der Waals surface area contributed by atoms with Gasteiger partial charge in [-0.05, 0) is 35.9 Å². The Labute approximate surface area is 145 Å². The van der Waals surface area contributed by atoms with Crippen molar-refractivity contribution in [2.45, 2.75) is 4.58 Å². The molecule has 0 unspecified atom stereocenters. The Hall–Kier alpha value is -0.980. The van der Waals surface area contributed by atoms with Crippen molar-refractivity contribution in [1.82, 2.24) is 0 Å². The number of halogens is 2. The molecule has 0 bridgehead atoms. The fourth-order valence-electron chi connectivity index (χ4n) is 2.19. The molecule has 3 rings (SSSR count). The van der Waals surface area contributed by atoms with E-state index >= 15 is 0 Å². The van der Waals surface area contributed by atoms with E-state index in [0.29, 0.717) is 14.7 Å². The minimum absolute atomic E-state index is 0.0400. The number of anilines is 1. The van der Waals surface area contributed by atoms with Crippen molar-refractivity contribution >= 4 is 51.0 Å². The summed E-state index contributed by atoms with van der Waals surface area (Å²) in [6, 6.07) is 12.2. The van der Waals surface area contributed by atoms with E-state index in [-0.39, 0.29) is 5.56 Å². The van der Waals surface area contributed by atoms with Crippen LogP contribution in [0.1, 0.15) is 20.5 Å². The summed E-state index contributed by atoms with van der Waals surface area (Å²) < 4.78 is 14.9. The Morgan fingerprint density at radius 1 is 1.18 bits per heavy atom. The number of hydrogen-bond acceptors (Lipinski definition) is 3. The van der Waals surface area contributed by atoms with Crippen molar-refractivity contribution in [2.24, 2.45) is 0 Å². The molecule has 1 aliphatic heterocycles. The van der Waals surface area contributed by atoms with Gasteiger partial charge >= 0.3 is 0 Å². The van der Waals surface area contributed by atoms with Crippen LogP contribution >= 0.6 is 39.5 Å². The summed E-state index contributed by atoms with van der Waals surface area (Å²) in [4.78, 5) is 12.2. The van der Waals surface area contributed by atoms with Crippen molar-refractivity contribution in [2.75, 3.05) is 16.8 Å². The Morgan fingerprint density at radius 3 is 2.68 bits per heavy atom. The van der Waals surface area contributed by atoms with Crippen LogP contribution in [0.4, 0.5) is 10.1 Å². The molecule has 0 aromatic heterocycles. The zero-order chi connectivity index (χ0) is 15.5. The second kappa shape index (κ2) is 7.06. The van der Waals surface area contributed by atoms with Gasteiger partial charge in [0.2, 0.25) is 0 Å². The highest BCUT2D eigenvalue weighted by molar-refractivity contribution is 9.10. The largest absolute Gasteiger partial charge is 0.322 e. The molecule has 1 saturated heterocycles. The lowest BCUT2D eigenvalue weighted by Crippen LogP contribution is -2.13. The van der Waals surface area contributed by atoms with Crippen LogP contribution in [0, 0.1) is 5.82 Å². The molecule has 114 valence electrons. The number of hydrogen-bond donors (Lipinski definition) is 1. The SMILES string of the molecule is O=C(Nc1cccc(C2SCCS2)c1)c1ccc(Br)cc1F. The van der Waals surface area contributed by atoms with Crippen LogP contribution in [0.5, 0.6) is 0 Å². The zero-order valence-electron chi connectivity index (χ0n) is 11.5. The predicted octanol–water partition coefficient (Wildman–Crippen LogP) is 5.32. The van der Waals surface area contributed by atoms with Crippen LogP contribution in [0.15, 0.2) is 46.9 Å². The number of rotatable bonds is 3. The molecule has 0 spiro atoms. The molecule has 1 N–H and O–H groups in total. The molecule has 2 aromatic carbocycles. The highest BCUT2D eigenvalue weighted by Gasteiger charge is 2.19. The van der Waals surface area contributed by atoms with Crippen molar-refractivity contribution in [1.29, 1.82) is 0 Å². The summed E-state index contributed by atoms with van der Waals surface area (Å²) in [6.45, 7) is 0. The second-order valence-electron chi connectivity index (χ2n) is 4.78. The van der Waals surface area contributed by atoms with E-state index < -0.39 is 11.7 Å². The molecule has 1 heterocycles. The van der Waals surface area contributed by atoms with Crippen LogP contribution < -0.4 is 5.32 Å². The fourth-order valence-corrected chi connectivity index (χ4v) is 5.36. The lowest BCUT2D eigenvalue weighted by molar-refractivity contribution is 0.102. The van der Waals surface area contributed by atoms with Gasteiger partial charge in [-0.3, -0.25) is 4.79 Å². The van der Waals surface area contributed by atoms with Gasteiger partial charge in [0, 0.05) is 21.7 Å². The first-order valence-corrected chi connectivity index (χ1v) is 9.62. The average molecular weight is 398 g/mol. The topological polar surface area (TPSA) is 29.1 Å². The minimum atomic E-state index is -0.537. The minimum Gasteiger partial charge on any atom is -0.322 e. The summed E-state index contributed by atoms with van der Waals surface area (Å²) in [6.07, 6.45) is 0. The first-order chi connectivity index (χ1) is 10.6. The van der Waals surface area contributed by atoms with E-state index in [2.05, 4.69) is 27.3 Å². The first-order valence-electron chi connectivity index (χ1n) is 6.73. The zero-order valence-corrected chi connectivity index (χ0v) is 14.7. The van der Waals surface area contributed by atoms with Gasteiger partial charge in [0.05, 0.1) is 10.1 Å². The lowest BCUT2D eigenvalue weighted by atomic mass is 10.1. The van der Waals surface area contributed by atoms with Crippen molar-refractivity contribution in [3.8, 4) is 0 Å². The Kier molecular flexibility index (Phi) is 5.10. The number of carbonyl (C=O) groups is 1. The second-order valence-corrected chi connectivity index (χ2v) is 8.42. The lowest BCUT2D eigenvalue weighted by Gasteiger charge is -2.11. The summed E-state index contributed by atoms with van der Waals surface area (Å²) in [5.41, 5.74) is 1.91. The van der Waals surface area contributed by atoms with Gasteiger partial charge in [-0.1, -0.05) is 28.1 Å². The van der Waals surface area contributed by atoms with Gasteiger partial charge in [0.1, 0.15) is 5.82 Å². The van der Waals surface area contributed by atoms with E-state index in [1.807, 2.05) is 41.7 Å². The van der Waals surface area contributed by atoms with Crippen LogP contribution in [0.2, 0.25) is 0 Å². The summed E-state index contributed by atoms with van der Waals surface area (Å²) in [5.74, 6) is 1.32. The molecular weight excluding hydrogens is 385 g/mol. The summed E-state index contributed by atoms with van der Waals surface area (Å²) >= 11 is 7.00. The molecule has 0 atom stereocenters. The van der Waals surface area contributed by atoms with Crippen molar-refractivity contribution in [3.05, 3.63) is 63.9 Å². The van der Waals surface area contributed by atoms with E-state index in [4.69, 9.17) is 0 Å². The summed E-state index contributed by atoms with van der Waals surface area (Å²) in [7, 11) is 0. The molecule has 0 saturated carbocycles. The van der Waals surface area contributed by atoms with Crippen LogP contribution in [0.25, 0.3) is 0 Å². The number of carbonyl (C=O) groups excluding carboxylic acids is 1. The van der Waals surface area contributed by atoms with E-state index in [0.717, 1.165) is 11.5 Å². The van der Waals surface area contributed by atoms with Crippen LogP contribution in [0.3, 0.4) is 0 Å². The number of thioether (sulfide) groups is 2. The summed E-state index contributed by atoms with van der Waals surface area (Å²) in [5, 5.41) is 2.77. The van der Waals surface area contributed by atoms with Gasteiger partial charge in [-0.15, -0.1) is 23.5 Å². The third-order valence-corrected chi connectivity index (χ3v) is 6.81. The monoisotopic (exact) mass is 397 g/mol. The third kappa shape index (κ3) is 3.67. The maximum Gasteiger partial charge on any atom is 0.258 e. The third-order valence-electron chi connectivity index (χ3n) is 3.21. The van der Waals surface area contributed by atoms with Gasteiger partial charge in [0.15, 0.2) is 0 Å². The highest BCUT2D eigenvalue weighted by Crippen LogP contribution is 2.45. The highest BCUT2D eigenvalue weighted by atomic mass is 79.9. The normalized spacial score (nSPS) is 15.0. The number of nitrogens with one attached hydrogen (secondary N) is 1. The molecule has 22 heavy (non-hydrogen) atoms. The maximum absolute atomic E-state index is 13.8. The molecule has 2 aromatic rings. The van der Waals surface area contributed by atoms with Crippen molar-refractivity contribution < 1.29 is 9.18 Å². The molecule has 0 aliphatic carbocycles. The first kappa shape index (κ1) is 15.9. The van der Waals surface area contributed by atoms with Gasteiger partial charge in [-0.2, -0.15) is 0 Å². The number of amides is 1. The molecule has 1 amide bonds. The number of benzene rings is 2. The van der Waals surface area contributed by atoms with Crippen LogP contribution in [-0.2, 0) is 0 Å².